The Balaban J connectivity index is 1.18. The minimum atomic E-state index is -3.50. The summed E-state index contributed by atoms with van der Waals surface area (Å²) < 4.78 is 42.2. The first-order chi connectivity index (χ1) is 16.8. The predicted molar refractivity (Wildman–Crippen MR) is 134 cm³/mol. The number of sulfone groups is 1. The number of halogens is 1. The Hall–Kier alpha value is -3.05. The van der Waals surface area contributed by atoms with Crippen LogP contribution in [0.1, 0.15) is 19.3 Å². The predicted octanol–water partition coefficient (Wildman–Crippen LogP) is 3.43. The molecule has 5 rings (SSSR count). The summed E-state index contributed by atoms with van der Waals surface area (Å²) in [6.07, 6.45) is 3.27. The number of rotatable bonds is 6. The summed E-state index contributed by atoms with van der Waals surface area (Å²) in [5.41, 5.74) is 1.13. The number of hydrogen-bond acceptors (Lipinski definition) is 8. The maximum absolute atomic E-state index is 14.5. The van der Waals surface area contributed by atoms with Crippen LogP contribution in [0.4, 0.5) is 15.2 Å². The number of aromatic nitrogens is 2. The van der Waals surface area contributed by atoms with E-state index in [1.807, 2.05) is 35.2 Å². The van der Waals surface area contributed by atoms with Gasteiger partial charge in [-0.05, 0) is 37.5 Å². The Labute approximate surface area is 207 Å². The summed E-state index contributed by atoms with van der Waals surface area (Å²) in [6, 6.07) is 13.2. The molecule has 0 saturated carbocycles. The van der Waals surface area contributed by atoms with Crippen molar-refractivity contribution in [1.29, 1.82) is 0 Å². The minimum absolute atomic E-state index is 0.0441. The van der Waals surface area contributed by atoms with Gasteiger partial charge in [0.2, 0.25) is 11.0 Å². The number of amides is 1. The zero-order chi connectivity index (χ0) is 24.6. The number of nitrogens with one attached hydrogen (secondary N) is 1. The molecule has 2 aliphatic rings. The molecule has 1 atom stereocenters. The highest BCUT2D eigenvalue weighted by molar-refractivity contribution is 7.90. The van der Waals surface area contributed by atoms with E-state index in [9.17, 15) is 17.6 Å². The first-order valence-corrected chi connectivity index (χ1v) is 14.2. The van der Waals surface area contributed by atoms with E-state index in [0.717, 1.165) is 54.8 Å². The van der Waals surface area contributed by atoms with E-state index in [4.69, 9.17) is 4.98 Å². The van der Waals surface area contributed by atoms with Gasteiger partial charge >= 0.3 is 0 Å². The number of benzene rings is 2. The van der Waals surface area contributed by atoms with Crippen molar-refractivity contribution in [3.05, 3.63) is 54.3 Å². The van der Waals surface area contributed by atoms with Gasteiger partial charge in [0.05, 0.1) is 10.6 Å². The maximum Gasteiger partial charge on any atom is 0.245 e. The van der Waals surface area contributed by atoms with Crippen LogP contribution in [0, 0.1) is 5.82 Å². The topological polar surface area (TPSA) is 95.5 Å². The zero-order valence-electron chi connectivity index (χ0n) is 19.2. The van der Waals surface area contributed by atoms with Crippen molar-refractivity contribution in [3.8, 4) is 11.4 Å². The summed E-state index contributed by atoms with van der Waals surface area (Å²) in [5, 5.41) is 3.86. The first kappa shape index (κ1) is 23.7. The molecule has 0 bridgehead atoms. The second-order valence-electron chi connectivity index (χ2n) is 8.92. The van der Waals surface area contributed by atoms with E-state index in [-0.39, 0.29) is 22.5 Å². The number of anilines is 2. The van der Waals surface area contributed by atoms with E-state index in [1.165, 1.54) is 23.7 Å². The lowest BCUT2D eigenvalue weighted by Gasteiger charge is -2.36. The van der Waals surface area contributed by atoms with E-state index in [1.54, 1.807) is 0 Å². The van der Waals surface area contributed by atoms with Gasteiger partial charge in [-0.25, -0.2) is 12.8 Å². The van der Waals surface area contributed by atoms with Gasteiger partial charge in [-0.1, -0.05) is 30.3 Å². The third kappa shape index (κ3) is 5.01. The van der Waals surface area contributed by atoms with Crippen LogP contribution in [0.5, 0.6) is 0 Å². The molecular weight excluding hydrogens is 489 g/mol. The summed E-state index contributed by atoms with van der Waals surface area (Å²) in [6.45, 7) is 2.19. The van der Waals surface area contributed by atoms with E-state index in [2.05, 4.69) is 14.6 Å². The Bertz CT molecular complexity index is 1320. The van der Waals surface area contributed by atoms with Crippen LogP contribution >= 0.6 is 11.5 Å². The zero-order valence-corrected chi connectivity index (χ0v) is 20.9. The van der Waals surface area contributed by atoms with Crippen LogP contribution in [-0.4, -0.2) is 66.6 Å². The lowest BCUT2D eigenvalue weighted by atomic mass is 10.0. The number of carbonyl (C=O) groups is 1. The third-order valence-electron chi connectivity index (χ3n) is 6.56. The van der Waals surface area contributed by atoms with Crippen molar-refractivity contribution < 1.29 is 17.6 Å². The van der Waals surface area contributed by atoms with Gasteiger partial charge in [-0.15, -0.1) is 0 Å². The molecule has 184 valence electrons. The first-order valence-electron chi connectivity index (χ1n) is 11.5. The molecule has 0 spiro atoms. The van der Waals surface area contributed by atoms with Crippen LogP contribution in [0.25, 0.3) is 11.4 Å². The molecule has 2 fully saturated rings. The smallest absolute Gasteiger partial charge is 0.245 e. The molecule has 2 saturated heterocycles. The van der Waals surface area contributed by atoms with Gasteiger partial charge in [0.15, 0.2) is 15.7 Å². The van der Waals surface area contributed by atoms with Gasteiger partial charge in [-0.3, -0.25) is 4.79 Å². The molecule has 35 heavy (non-hydrogen) atoms. The molecule has 8 nitrogen and oxygen atoms in total. The maximum atomic E-state index is 14.5. The summed E-state index contributed by atoms with van der Waals surface area (Å²) >= 11 is 1.39. The highest BCUT2D eigenvalue weighted by atomic mass is 32.2. The van der Waals surface area contributed by atoms with Gasteiger partial charge < -0.3 is 15.1 Å². The number of carbonyl (C=O) groups excluding carboxylic acids is 1. The van der Waals surface area contributed by atoms with Gasteiger partial charge in [0.1, 0.15) is 11.9 Å². The second-order valence-corrected chi connectivity index (χ2v) is 11.7. The van der Waals surface area contributed by atoms with E-state index >= 15 is 0 Å². The van der Waals surface area contributed by atoms with Crippen molar-refractivity contribution >= 4 is 38.1 Å². The largest absolute Gasteiger partial charge is 0.371 e. The molecule has 2 aliphatic heterocycles. The fraction of sp³-hybridized carbons (Fsp3) is 0.375. The van der Waals surface area contributed by atoms with Gasteiger partial charge in [0.25, 0.3) is 0 Å². The monoisotopic (exact) mass is 515 g/mol. The summed E-state index contributed by atoms with van der Waals surface area (Å²) in [5.74, 6) is 0.00453. The van der Waals surface area contributed by atoms with Crippen LogP contribution in [-0.2, 0) is 14.6 Å². The molecule has 1 amide bonds. The molecule has 0 unspecified atom stereocenters. The molecule has 0 aliphatic carbocycles. The molecule has 11 heteroatoms. The van der Waals surface area contributed by atoms with E-state index in [0.29, 0.717) is 13.0 Å². The Morgan fingerprint density at radius 1 is 1.06 bits per heavy atom. The van der Waals surface area contributed by atoms with Crippen LogP contribution in [0.2, 0.25) is 0 Å². The number of nitrogens with zero attached hydrogens (tertiary/aromatic N) is 4. The quantitative estimate of drug-likeness (QED) is 0.537. The van der Waals surface area contributed by atoms with Gasteiger partial charge in [0, 0.05) is 49.0 Å². The lowest BCUT2D eigenvalue weighted by Crippen LogP contribution is -2.47. The Kier molecular flexibility index (Phi) is 6.45. The fourth-order valence-electron chi connectivity index (χ4n) is 4.65. The molecule has 1 N–H and O–H groups in total. The van der Waals surface area contributed by atoms with Crippen LogP contribution < -0.4 is 10.2 Å². The molecule has 0 radical (unpaired) electrons. The Morgan fingerprint density at radius 3 is 2.49 bits per heavy atom. The number of hydrogen-bond donors (Lipinski definition) is 1. The van der Waals surface area contributed by atoms with Crippen LogP contribution in [0.15, 0.2) is 53.4 Å². The summed E-state index contributed by atoms with van der Waals surface area (Å²) in [4.78, 5) is 21.8. The van der Waals surface area contributed by atoms with Crippen molar-refractivity contribution in [2.45, 2.75) is 36.2 Å². The van der Waals surface area contributed by atoms with Crippen LogP contribution in [0.3, 0.4) is 0 Å². The SMILES string of the molecule is CS(=O)(=O)c1ccc(N[C@H]2CCN(C3CCN(c4nc(-c5ccccc5)ns4)CC3)C2=O)c(F)c1. The number of piperidine rings is 1. The number of likely N-dealkylation sites (tertiary alicyclic amines) is 1. The average Bonchev–Trinajstić information content (AvgIpc) is 3.48. The lowest BCUT2D eigenvalue weighted by molar-refractivity contribution is -0.130. The molecule has 3 aromatic rings. The average molecular weight is 516 g/mol. The van der Waals surface area contributed by atoms with Crippen molar-refractivity contribution in [3.63, 3.8) is 0 Å². The third-order valence-corrected chi connectivity index (χ3v) is 8.45. The highest BCUT2D eigenvalue weighted by Gasteiger charge is 2.37. The highest BCUT2D eigenvalue weighted by Crippen LogP contribution is 2.30. The standard InChI is InChI=1S/C24H26FN5O3S2/c1-35(32,33)18-7-8-20(19(25)15-18)26-21-11-14-30(23(21)31)17-9-12-29(13-10-17)24-27-22(28-34-24)16-5-3-2-4-6-16/h2-8,15,17,21,26H,9-14H2,1H3/t21-/m0/s1. The molecule has 1 aromatic heterocycles. The normalized spacial score (nSPS) is 19.4. The molecule has 2 aromatic carbocycles. The van der Waals surface area contributed by atoms with Crippen molar-refractivity contribution in [1.82, 2.24) is 14.3 Å². The van der Waals surface area contributed by atoms with E-state index < -0.39 is 21.7 Å². The van der Waals surface area contributed by atoms with Crippen molar-refractivity contribution in [2.75, 3.05) is 36.1 Å². The Morgan fingerprint density at radius 2 is 1.80 bits per heavy atom. The van der Waals surface area contributed by atoms with Gasteiger partial charge in [-0.2, -0.15) is 9.36 Å². The van der Waals surface area contributed by atoms with Crippen molar-refractivity contribution in [2.24, 2.45) is 0 Å². The fourth-order valence-corrected chi connectivity index (χ4v) is 6.02. The minimum Gasteiger partial charge on any atom is -0.371 e. The molecule has 3 heterocycles. The molecular formula is C24H26FN5O3S2. The summed E-state index contributed by atoms with van der Waals surface area (Å²) in [7, 11) is -3.50. The second kappa shape index (κ2) is 9.54.